The number of aromatic nitrogens is 2. The Bertz CT molecular complexity index is 462. The van der Waals surface area contributed by atoms with Gasteiger partial charge in [-0.2, -0.15) is 0 Å². The zero-order valence-electron chi connectivity index (χ0n) is 9.84. The summed E-state index contributed by atoms with van der Waals surface area (Å²) in [7, 11) is 0. The lowest BCUT2D eigenvalue weighted by atomic mass is 9.84. The summed E-state index contributed by atoms with van der Waals surface area (Å²) in [6.45, 7) is 0. The van der Waals surface area contributed by atoms with Crippen molar-refractivity contribution in [2.75, 3.05) is 5.32 Å². The molecule has 4 unspecified atom stereocenters. The number of rotatable bonds is 2. The van der Waals surface area contributed by atoms with Crippen LogP contribution in [0.2, 0.25) is 0 Å². The molecule has 2 saturated carbocycles. The molecular formula is C12H15BrN4O. The van der Waals surface area contributed by atoms with Crippen molar-refractivity contribution in [3.63, 3.8) is 0 Å². The third kappa shape index (κ3) is 2.03. The molecule has 3 N–H and O–H groups in total. The minimum atomic E-state index is -0.0609. The van der Waals surface area contributed by atoms with Gasteiger partial charge in [0.1, 0.15) is 4.60 Å². The molecule has 1 aromatic heterocycles. The Kier molecular flexibility index (Phi) is 3.07. The van der Waals surface area contributed by atoms with Crippen molar-refractivity contribution in [1.82, 2.24) is 9.97 Å². The number of nitrogens with two attached hydrogens (primary N) is 1. The average molecular weight is 311 g/mol. The quantitative estimate of drug-likeness (QED) is 0.868. The van der Waals surface area contributed by atoms with Crippen LogP contribution in [0.5, 0.6) is 0 Å². The fraction of sp³-hybridized carbons (Fsp3) is 0.583. The van der Waals surface area contributed by atoms with Crippen molar-refractivity contribution in [2.45, 2.75) is 25.3 Å². The highest BCUT2D eigenvalue weighted by molar-refractivity contribution is 9.10. The van der Waals surface area contributed by atoms with Gasteiger partial charge in [-0.15, -0.1) is 0 Å². The number of halogens is 1. The van der Waals surface area contributed by atoms with E-state index < -0.39 is 0 Å². The minimum absolute atomic E-state index is 0.00663. The van der Waals surface area contributed by atoms with Crippen LogP contribution in [-0.4, -0.2) is 21.9 Å². The summed E-state index contributed by atoms with van der Waals surface area (Å²) in [5.41, 5.74) is 6.14. The van der Waals surface area contributed by atoms with Crippen LogP contribution < -0.4 is 11.1 Å². The van der Waals surface area contributed by atoms with Crippen LogP contribution in [0.15, 0.2) is 17.0 Å². The molecule has 0 aliphatic heterocycles. The van der Waals surface area contributed by atoms with Gasteiger partial charge in [0.05, 0.1) is 18.3 Å². The summed E-state index contributed by atoms with van der Waals surface area (Å²) >= 11 is 3.21. The number of carbonyl (C=O) groups excluding carboxylic acids is 1. The molecule has 0 radical (unpaired) electrons. The first-order valence-corrected chi connectivity index (χ1v) is 6.98. The van der Waals surface area contributed by atoms with E-state index in [-0.39, 0.29) is 17.9 Å². The fourth-order valence-electron chi connectivity index (χ4n) is 3.31. The van der Waals surface area contributed by atoms with Gasteiger partial charge in [-0.1, -0.05) is 0 Å². The normalized spacial score (nSPS) is 33.7. The van der Waals surface area contributed by atoms with E-state index in [1.165, 1.54) is 6.42 Å². The average Bonchev–Trinajstić information content (AvgIpc) is 2.92. The first-order chi connectivity index (χ1) is 8.65. The maximum absolute atomic E-state index is 12.2. The van der Waals surface area contributed by atoms with Crippen molar-refractivity contribution in [2.24, 2.45) is 23.5 Å². The van der Waals surface area contributed by atoms with Crippen molar-refractivity contribution < 1.29 is 4.79 Å². The lowest BCUT2D eigenvalue weighted by molar-refractivity contribution is -0.121. The summed E-state index contributed by atoms with van der Waals surface area (Å²) in [5.74, 6) is 1.40. The summed E-state index contributed by atoms with van der Waals surface area (Å²) in [6, 6.07) is 0.00663. The summed E-state index contributed by atoms with van der Waals surface area (Å²) < 4.78 is 0.650. The number of amides is 1. The standard InChI is InChI=1S/C12H15BrN4O/c13-8-4-16-9(5-15-8)17-12(18)10-6-1-2-7(3-6)11(10)14/h4-7,10-11H,1-3,14H2,(H,16,17,18). The van der Waals surface area contributed by atoms with E-state index in [1.807, 2.05) is 0 Å². The Morgan fingerprint density at radius 1 is 1.33 bits per heavy atom. The Morgan fingerprint density at radius 3 is 2.72 bits per heavy atom. The molecule has 4 atom stereocenters. The van der Waals surface area contributed by atoms with Gasteiger partial charge in [0.25, 0.3) is 0 Å². The van der Waals surface area contributed by atoms with Gasteiger partial charge < -0.3 is 11.1 Å². The molecular weight excluding hydrogens is 296 g/mol. The number of carbonyl (C=O) groups is 1. The molecule has 1 amide bonds. The Hall–Kier alpha value is -1.01. The predicted octanol–water partition coefficient (Wildman–Crippen LogP) is 1.55. The molecule has 0 spiro atoms. The van der Waals surface area contributed by atoms with Gasteiger partial charge in [-0.3, -0.25) is 4.79 Å². The van der Waals surface area contributed by atoms with E-state index in [0.29, 0.717) is 22.3 Å². The smallest absolute Gasteiger partial charge is 0.230 e. The number of anilines is 1. The van der Waals surface area contributed by atoms with Gasteiger partial charge in [0.2, 0.25) is 5.91 Å². The number of fused-ring (bicyclic) bond motifs is 2. The maximum Gasteiger partial charge on any atom is 0.230 e. The van der Waals surface area contributed by atoms with Crippen LogP contribution in [0.25, 0.3) is 0 Å². The molecule has 2 aliphatic carbocycles. The molecule has 0 saturated heterocycles. The second-order valence-corrected chi connectivity index (χ2v) is 5.96. The highest BCUT2D eigenvalue weighted by Gasteiger charge is 2.49. The highest BCUT2D eigenvalue weighted by atomic mass is 79.9. The minimum Gasteiger partial charge on any atom is -0.327 e. The summed E-state index contributed by atoms with van der Waals surface area (Å²) in [6.07, 6.45) is 6.51. The second kappa shape index (κ2) is 4.59. The molecule has 96 valence electrons. The van der Waals surface area contributed by atoms with E-state index in [0.717, 1.165) is 12.8 Å². The summed E-state index contributed by atoms with van der Waals surface area (Å²) in [4.78, 5) is 20.4. The van der Waals surface area contributed by atoms with E-state index in [1.54, 1.807) is 12.4 Å². The second-order valence-electron chi connectivity index (χ2n) is 5.15. The maximum atomic E-state index is 12.2. The van der Waals surface area contributed by atoms with Crippen LogP contribution >= 0.6 is 15.9 Å². The van der Waals surface area contributed by atoms with E-state index >= 15 is 0 Å². The van der Waals surface area contributed by atoms with E-state index in [2.05, 4.69) is 31.2 Å². The SMILES string of the molecule is NC1C2CCC(C2)C1C(=O)Nc1cnc(Br)cn1. The number of nitrogens with one attached hydrogen (secondary N) is 1. The van der Waals surface area contributed by atoms with E-state index in [9.17, 15) is 4.79 Å². The zero-order chi connectivity index (χ0) is 12.7. The number of nitrogens with zero attached hydrogens (tertiary/aromatic N) is 2. The predicted molar refractivity (Wildman–Crippen MR) is 70.7 cm³/mol. The molecule has 1 heterocycles. The summed E-state index contributed by atoms with van der Waals surface area (Å²) in [5, 5.41) is 2.81. The number of hydrogen-bond acceptors (Lipinski definition) is 4. The van der Waals surface area contributed by atoms with Crippen LogP contribution in [0.4, 0.5) is 5.82 Å². The van der Waals surface area contributed by atoms with Crippen molar-refractivity contribution in [3.05, 3.63) is 17.0 Å². The molecule has 2 aliphatic rings. The third-order valence-corrected chi connectivity index (χ3v) is 4.56. The highest BCUT2D eigenvalue weighted by Crippen LogP contribution is 2.47. The van der Waals surface area contributed by atoms with Gasteiger partial charge in [-0.25, -0.2) is 9.97 Å². The van der Waals surface area contributed by atoms with Gasteiger partial charge in [-0.05, 0) is 47.0 Å². The van der Waals surface area contributed by atoms with Gasteiger partial charge >= 0.3 is 0 Å². The van der Waals surface area contributed by atoms with Crippen LogP contribution in [-0.2, 0) is 4.79 Å². The number of hydrogen-bond donors (Lipinski definition) is 2. The molecule has 3 rings (SSSR count). The van der Waals surface area contributed by atoms with Crippen molar-refractivity contribution in [1.29, 1.82) is 0 Å². The molecule has 0 aromatic carbocycles. The van der Waals surface area contributed by atoms with E-state index in [4.69, 9.17) is 5.73 Å². The van der Waals surface area contributed by atoms with Crippen LogP contribution in [0, 0.1) is 17.8 Å². The molecule has 18 heavy (non-hydrogen) atoms. The lowest BCUT2D eigenvalue weighted by Crippen LogP contribution is -2.42. The van der Waals surface area contributed by atoms with Gasteiger partial charge in [0.15, 0.2) is 5.82 Å². The monoisotopic (exact) mass is 310 g/mol. The first kappa shape index (κ1) is 12.0. The Balaban J connectivity index is 1.70. The van der Waals surface area contributed by atoms with Gasteiger partial charge in [0, 0.05) is 6.04 Å². The first-order valence-electron chi connectivity index (χ1n) is 6.19. The topological polar surface area (TPSA) is 80.9 Å². The Labute approximate surface area is 114 Å². The fourth-order valence-corrected chi connectivity index (χ4v) is 3.52. The van der Waals surface area contributed by atoms with Crippen molar-refractivity contribution >= 4 is 27.7 Å². The zero-order valence-corrected chi connectivity index (χ0v) is 11.4. The Morgan fingerprint density at radius 2 is 2.11 bits per heavy atom. The van der Waals surface area contributed by atoms with Crippen molar-refractivity contribution in [3.8, 4) is 0 Å². The lowest BCUT2D eigenvalue weighted by Gasteiger charge is -2.26. The van der Waals surface area contributed by atoms with Crippen LogP contribution in [0.1, 0.15) is 19.3 Å². The third-order valence-electron chi connectivity index (χ3n) is 4.15. The molecule has 6 heteroatoms. The molecule has 5 nitrogen and oxygen atoms in total. The van der Waals surface area contributed by atoms with Crippen LogP contribution in [0.3, 0.4) is 0 Å². The molecule has 2 bridgehead atoms. The molecule has 2 fully saturated rings. The molecule has 1 aromatic rings. The largest absolute Gasteiger partial charge is 0.327 e.